The van der Waals surface area contributed by atoms with E-state index in [2.05, 4.69) is 161 Å². The molecule has 0 spiro atoms. The normalized spacial score (nSPS) is 11.9. The van der Waals surface area contributed by atoms with Crippen LogP contribution in [0.2, 0.25) is 0 Å². The molecule has 5 nitrogen and oxygen atoms in total. The van der Waals surface area contributed by atoms with Gasteiger partial charge in [-0.15, -0.1) is 0 Å². The molecule has 11 aromatic rings. The summed E-state index contributed by atoms with van der Waals surface area (Å²) in [6.45, 7) is 0. The topological polar surface area (TPSA) is 48.8 Å². The Bertz CT molecular complexity index is 3130. The zero-order valence-corrected chi connectivity index (χ0v) is 27.4. The minimum Gasteiger partial charge on any atom is -0.452 e. The largest absolute Gasteiger partial charge is 0.452 e. The summed E-state index contributed by atoms with van der Waals surface area (Å²) in [5.74, 6) is 0. The standard InChI is InChI=1S/C46H28N4O/c1-3-12-30(13-4-1)49-39-20-9-7-16-32(39)34-23-22-29(28-41(34)49)38-24-25-42-43(48-38)37-26-27-47-44(46(37)51-42)36-19-11-18-35-33-17-8-10-21-40(33)50(45(35)36)31-14-5-2-6-15-31/h1-28H. The molecule has 0 saturated heterocycles. The second kappa shape index (κ2) is 10.8. The lowest BCUT2D eigenvalue weighted by Gasteiger charge is -2.11. The number of hydrogen-bond acceptors (Lipinski definition) is 3. The van der Waals surface area contributed by atoms with Crippen molar-refractivity contribution in [3.05, 3.63) is 170 Å². The molecule has 0 radical (unpaired) electrons. The maximum absolute atomic E-state index is 6.65. The first kappa shape index (κ1) is 27.9. The van der Waals surface area contributed by atoms with E-state index in [1.54, 1.807) is 0 Å². The Morgan fingerprint density at radius 3 is 1.90 bits per heavy atom. The SMILES string of the molecule is c1ccc(-n2c3ccccc3c3ccc(-c4ccc5oc6c(-c7cccc8c9ccccc9n(-c9ccccc9)c78)nccc6c5n4)cc32)cc1. The fourth-order valence-corrected chi connectivity index (χ4v) is 7.96. The third-order valence-corrected chi connectivity index (χ3v) is 10.2. The number of pyridine rings is 2. The highest BCUT2D eigenvalue weighted by Crippen LogP contribution is 2.42. The highest BCUT2D eigenvalue weighted by atomic mass is 16.3. The van der Waals surface area contributed by atoms with E-state index in [1.165, 1.54) is 27.1 Å². The quantitative estimate of drug-likeness (QED) is 0.190. The van der Waals surface area contributed by atoms with Crippen molar-refractivity contribution in [2.45, 2.75) is 0 Å². The van der Waals surface area contributed by atoms with E-state index in [9.17, 15) is 0 Å². The van der Waals surface area contributed by atoms with Gasteiger partial charge in [0.1, 0.15) is 11.2 Å². The fraction of sp³-hybridized carbons (Fsp3) is 0. The lowest BCUT2D eigenvalue weighted by Crippen LogP contribution is -1.96. The predicted molar refractivity (Wildman–Crippen MR) is 209 cm³/mol. The zero-order chi connectivity index (χ0) is 33.5. The zero-order valence-electron chi connectivity index (χ0n) is 27.4. The first-order valence-electron chi connectivity index (χ1n) is 17.2. The van der Waals surface area contributed by atoms with Crippen molar-refractivity contribution in [1.29, 1.82) is 0 Å². The molecule has 51 heavy (non-hydrogen) atoms. The van der Waals surface area contributed by atoms with Crippen LogP contribution in [-0.2, 0) is 0 Å². The van der Waals surface area contributed by atoms with E-state index in [4.69, 9.17) is 14.4 Å². The van der Waals surface area contributed by atoms with Crippen LogP contribution in [-0.4, -0.2) is 19.1 Å². The second-order valence-corrected chi connectivity index (χ2v) is 13.0. The Balaban J connectivity index is 1.12. The molecule has 0 aliphatic carbocycles. The molecule has 0 aliphatic heterocycles. The van der Waals surface area contributed by atoms with Gasteiger partial charge < -0.3 is 13.6 Å². The van der Waals surface area contributed by atoms with E-state index >= 15 is 0 Å². The van der Waals surface area contributed by atoms with E-state index in [-0.39, 0.29) is 0 Å². The third-order valence-electron chi connectivity index (χ3n) is 10.2. The van der Waals surface area contributed by atoms with Crippen molar-refractivity contribution in [1.82, 2.24) is 19.1 Å². The lowest BCUT2D eigenvalue weighted by atomic mass is 10.0. The second-order valence-electron chi connectivity index (χ2n) is 13.0. The Kier molecular flexibility index (Phi) is 5.89. The van der Waals surface area contributed by atoms with Gasteiger partial charge in [-0.05, 0) is 60.7 Å². The van der Waals surface area contributed by atoms with Gasteiger partial charge in [-0.3, -0.25) is 4.98 Å². The molecule has 0 fully saturated rings. The summed E-state index contributed by atoms with van der Waals surface area (Å²) < 4.78 is 11.3. The first-order chi connectivity index (χ1) is 25.3. The summed E-state index contributed by atoms with van der Waals surface area (Å²) in [4.78, 5) is 10.2. The van der Waals surface area contributed by atoms with Gasteiger partial charge in [-0.1, -0.05) is 103 Å². The van der Waals surface area contributed by atoms with Gasteiger partial charge in [0.15, 0.2) is 11.2 Å². The molecule has 0 aliphatic rings. The van der Waals surface area contributed by atoms with Crippen LogP contribution in [0.1, 0.15) is 0 Å². The van der Waals surface area contributed by atoms with Gasteiger partial charge in [0, 0.05) is 50.2 Å². The summed E-state index contributed by atoms with van der Waals surface area (Å²) in [5, 5.41) is 5.75. The molecule has 0 atom stereocenters. The number of nitrogens with zero attached hydrogens (tertiary/aromatic N) is 4. The van der Waals surface area contributed by atoms with Gasteiger partial charge >= 0.3 is 0 Å². The molecule has 5 heterocycles. The molecule has 6 aromatic carbocycles. The van der Waals surface area contributed by atoms with Gasteiger partial charge in [0.05, 0.1) is 33.1 Å². The van der Waals surface area contributed by atoms with Crippen molar-refractivity contribution in [2.24, 2.45) is 0 Å². The molecular formula is C46H28N4O. The highest BCUT2D eigenvalue weighted by molar-refractivity contribution is 6.16. The van der Waals surface area contributed by atoms with Gasteiger partial charge in [0.2, 0.25) is 0 Å². The Hall–Kier alpha value is -6.98. The molecule has 0 N–H and O–H groups in total. The molecule has 0 amide bonds. The van der Waals surface area contributed by atoms with Crippen LogP contribution in [0.4, 0.5) is 0 Å². The highest BCUT2D eigenvalue weighted by Gasteiger charge is 2.21. The van der Waals surface area contributed by atoms with Gasteiger partial charge in [-0.25, -0.2) is 4.98 Å². The van der Waals surface area contributed by atoms with Crippen LogP contribution in [0, 0.1) is 0 Å². The fourth-order valence-electron chi connectivity index (χ4n) is 7.96. The Labute approximate surface area is 292 Å². The maximum atomic E-state index is 6.65. The predicted octanol–water partition coefficient (Wildman–Crippen LogP) is 11.9. The van der Waals surface area contributed by atoms with Crippen LogP contribution in [0.5, 0.6) is 0 Å². The summed E-state index contributed by atoms with van der Waals surface area (Å²) in [5.41, 5.74) is 12.8. The number of hydrogen-bond donors (Lipinski definition) is 0. The molecule has 0 saturated carbocycles. The molecule has 11 rings (SSSR count). The van der Waals surface area contributed by atoms with Crippen LogP contribution in [0.15, 0.2) is 174 Å². The molecule has 238 valence electrons. The number of furan rings is 1. The van der Waals surface area contributed by atoms with Crippen molar-refractivity contribution in [3.63, 3.8) is 0 Å². The van der Waals surface area contributed by atoms with Crippen LogP contribution < -0.4 is 0 Å². The number of benzene rings is 6. The summed E-state index contributed by atoms with van der Waals surface area (Å²) in [6.07, 6.45) is 1.87. The molecule has 5 aromatic heterocycles. The minimum absolute atomic E-state index is 0.731. The molecular weight excluding hydrogens is 625 g/mol. The average Bonchev–Trinajstić information content (AvgIpc) is 3.86. The van der Waals surface area contributed by atoms with E-state index < -0.39 is 0 Å². The van der Waals surface area contributed by atoms with E-state index in [1.807, 2.05) is 18.3 Å². The Morgan fingerprint density at radius 1 is 0.471 bits per heavy atom. The Morgan fingerprint density at radius 2 is 1.12 bits per heavy atom. The monoisotopic (exact) mass is 652 g/mol. The maximum Gasteiger partial charge on any atom is 0.163 e. The van der Waals surface area contributed by atoms with Gasteiger partial charge in [-0.2, -0.15) is 0 Å². The number of rotatable bonds is 4. The third kappa shape index (κ3) is 4.09. The minimum atomic E-state index is 0.731. The summed E-state index contributed by atoms with van der Waals surface area (Å²) in [6, 6.07) is 57.5. The first-order valence-corrected chi connectivity index (χ1v) is 17.2. The average molecular weight is 653 g/mol. The smallest absolute Gasteiger partial charge is 0.163 e. The molecule has 0 bridgehead atoms. The molecule has 0 unspecified atom stereocenters. The van der Waals surface area contributed by atoms with Crippen LogP contribution in [0.3, 0.4) is 0 Å². The summed E-state index contributed by atoms with van der Waals surface area (Å²) >= 11 is 0. The van der Waals surface area contributed by atoms with E-state index in [0.29, 0.717) is 0 Å². The summed E-state index contributed by atoms with van der Waals surface area (Å²) in [7, 11) is 0. The van der Waals surface area contributed by atoms with Crippen molar-refractivity contribution < 1.29 is 4.42 Å². The van der Waals surface area contributed by atoms with Crippen LogP contribution >= 0.6 is 0 Å². The number of fused-ring (bicyclic) bond motifs is 9. The van der Waals surface area contributed by atoms with Crippen LogP contribution in [0.25, 0.3) is 99.6 Å². The van der Waals surface area contributed by atoms with E-state index in [0.717, 1.165) is 72.5 Å². The number of aromatic nitrogens is 4. The number of para-hydroxylation sites is 5. The van der Waals surface area contributed by atoms with Gasteiger partial charge in [0.25, 0.3) is 0 Å². The van der Waals surface area contributed by atoms with Crippen molar-refractivity contribution in [3.8, 4) is 33.9 Å². The van der Waals surface area contributed by atoms with Crippen molar-refractivity contribution in [2.75, 3.05) is 0 Å². The lowest BCUT2D eigenvalue weighted by molar-refractivity contribution is 0.667. The van der Waals surface area contributed by atoms with Crippen molar-refractivity contribution >= 4 is 65.7 Å². The molecule has 5 heteroatoms.